The van der Waals surface area contributed by atoms with Crippen molar-refractivity contribution in [3.05, 3.63) is 22.8 Å². The number of nitrogens with zero attached hydrogens (tertiary/aromatic N) is 1. The smallest absolute Gasteiger partial charge is 0.215 e. The molecule has 0 N–H and O–H groups in total. The summed E-state index contributed by atoms with van der Waals surface area (Å²) in [6.45, 7) is 1.46. The van der Waals surface area contributed by atoms with E-state index in [1.54, 1.807) is 6.07 Å². The third-order valence-corrected chi connectivity index (χ3v) is 1.58. The van der Waals surface area contributed by atoms with Crippen molar-refractivity contribution in [1.29, 1.82) is 0 Å². The summed E-state index contributed by atoms with van der Waals surface area (Å²) < 4.78 is 4.84. The zero-order valence-electron chi connectivity index (χ0n) is 6.80. The third kappa shape index (κ3) is 1.95. The van der Waals surface area contributed by atoms with Crippen molar-refractivity contribution in [2.24, 2.45) is 0 Å². The quantitative estimate of drug-likeness (QED) is 0.522. The highest BCUT2D eigenvalue weighted by molar-refractivity contribution is 6.29. The van der Waals surface area contributed by atoms with Gasteiger partial charge in [0.1, 0.15) is 5.15 Å². The van der Waals surface area contributed by atoms with E-state index in [1.165, 1.54) is 20.1 Å². The van der Waals surface area contributed by atoms with Crippen LogP contribution in [0.25, 0.3) is 0 Å². The summed E-state index contributed by atoms with van der Waals surface area (Å²) >= 11 is 5.63. The van der Waals surface area contributed by atoms with E-state index in [0.29, 0.717) is 11.4 Å². The maximum atomic E-state index is 10.9. The molecule has 0 saturated carbocycles. The predicted octanol–water partition coefficient (Wildman–Crippen LogP) is 1.95. The van der Waals surface area contributed by atoms with E-state index in [-0.39, 0.29) is 10.9 Å². The molecule has 0 atom stereocenters. The molecule has 0 aromatic carbocycles. The first-order valence-corrected chi connectivity index (χ1v) is 3.74. The molecule has 3 nitrogen and oxygen atoms in total. The Kier molecular flexibility index (Phi) is 2.65. The SMILES string of the molecule is COc1cc(C(C)=O)cc(Cl)n1. The van der Waals surface area contributed by atoms with Gasteiger partial charge in [-0.05, 0) is 13.0 Å². The van der Waals surface area contributed by atoms with Gasteiger partial charge in [0.2, 0.25) is 5.88 Å². The van der Waals surface area contributed by atoms with Crippen LogP contribution in [0.1, 0.15) is 17.3 Å². The van der Waals surface area contributed by atoms with Crippen molar-refractivity contribution >= 4 is 17.4 Å². The number of methoxy groups -OCH3 is 1. The molecule has 64 valence electrons. The minimum Gasteiger partial charge on any atom is -0.481 e. The maximum Gasteiger partial charge on any atom is 0.215 e. The molecule has 0 amide bonds. The first-order valence-electron chi connectivity index (χ1n) is 3.36. The number of carbonyl (C=O) groups excluding carboxylic acids is 1. The minimum absolute atomic E-state index is 0.0578. The summed E-state index contributed by atoms with van der Waals surface area (Å²) in [4.78, 5) is 14.7. The predicted molar refractivity (Wildman–Crippen MR) is 45.8 cm³/mol. The van der Waals surface area contributed by atoms with Crippen LogP contribution in [0.3, 0.4) is 0 Å². The molecule has 0 saturated heterocycles. The molecular weight excluding hydrogens is 178 g/mol. The van der Waals surface area contributed by atoms with Crippen LogP contribution in [-0.2, 0) is 0 Å². The highest BCUT2D eigenvalue weighted by Crippen LogP contribution is 2.15. The van der Waals surface area contributed by atoms with Gasteiger partial charge >= 0.3 is 0 Å². The van der Waals surface area contributed by atoms with Crippen LogP contribution < -0.4 is 4.74 Å². The van der Waals surface area contributed by atoms with Crippen molar-refractivity contribution in [2.45, 2.75) is 6.92 Å². The van der Waals surface area contributed by atoms with Crippen LogP contribution in [0.15, 0.2) is 12.1 Å². The van der Waals surface area contributed by atoms with Gasteiger partial charge in [-0.15, -0.1) is 0 Å². The number of Topliss-reactive ketones (excluding diaryl/α,β-unsaturated/α-hetero) is 1. The van der Waals surface area contributed by atoms with Crippen molar-refractivity contribution in [1.82, 2.24) is 4.98 Å². The van der Waals surface area contributed by atoms with Gasteiger partial charge in [-0.25, -0.2) is 4.98 Å². The van der Waals surface area contributed by atoms with E-state index < -0.39 is 0 Å². The number of pyridine rings is 1. The van der Waals surface area contributed by atoms with Crippen LogP contribution in [0.2, 0.25) is 5.15 Å². The van der Waals surface area contributed by atoms with Gasteiger partial charge in [0.15, 0.2) is 5.78 Å². The van der Waals surface area contributed by atoms with E-state index in [9.17, 15) is 4.79 Å². The summed E-state index contributed by atoms with van der Waals surface area (Å²) in [5, 5.41) is 0.263. The first kappa shape index (κ1) is 9.00. The standard InChI is InChI=1S/C8H8ClNO2/c1-5(11)6-3-7(9)10-8(4-6)12-2/h3-4H,1-2H3. The number of aromatic nitrogens is 1. The highest BCUT2D eigenvalue weighted by atomic mass is 35.5. The van der Waals surface area contributed by atoms with Crippen LogP contribution >= 0.6 is 11.6 Å². The fourth-order valence-electron chi connectivity index (χ4n) is 0.781. The largest absolute Gasteiger partial charge is 0.481 e. The molecule has 1 aromatic heterocycles. The summed E-state index contributed by atoms with van der Waals surface area (Å²) in [6, 6.07) is 3.06. The van der Waals surface area contributed by atoms with Gasteiger partial charge in [0.05, 0.1) is 7.11 Å². The number of hydrogen-bond acceptors (Lipinski definition) is 3. The second kappa shape index (κ2) is 3.54. The second-order valence-electron chi connectivity index (χ2n) is 2.28. The summed E-state index contributed by atoms with van der Waals surface area (Å²) in [7, 11) is 1.47. The van der Waals surface area contributed by atoms with Gasteiger partial charge in [-0.1, -0.05) is 11.6 Å². The molecule has 0 aliphatic carbocycles. The average molecular weight is 186 g/mol. The fourth-order valence-corrected chi connectivity index (χ4v) is 0.982. The summed E-state index contributed by atoms with van der Waals surface area (Å²) in [5.74, 6) is 0.297. The number of halogens is 1. The third-order valence-electron chi connectivity index (χ3n) is 1.39. The molecule has 4 heteroatoms. The Hall–Kier alpha value is -1.09. The number of ether oxygens (including phenoxy) is 1. The lowest BCUT2D eigenvalue weighted by molar-refractivity contribution is 0.101. The van der Waals surface area contributed by atoms with Crippen molar-refractivity contribution in [3.63, 3.8) is 0 Å². The van der Waals surface area contributed by atoms with Gasteiger partial charge in [0, 0.05) is 11.6 Å². The molecule has 0 spiro atoms. The molecule has 1 heterocycles. The van der Waals surface area contributed by atoms with E-state index in [4.69, 9.17) is 16.3 Å². The normalized spacial score (nSPS) is 9.58. The molecule has 0 aliphatic heterocycles. The Balaban J connectivity index is 3.15. The summed E-state index contributed by atoms with van der Waals surface area (Å²) in [6.07, 6.45) is 0. The Morgan fingerprint density at radius 3 is 2.75 bits per heavy atom. The zero-order chi connectivity index (χ0) is 9.14. The number of hydrogen-bond donors (Lipinski definition) is 0. The van der Waals surface area contributed by atoms with Crippen LogP contribution in [0, 0.1) is 0 Å². The van der Waals surface area contributed by atoms with Gasteiger partial charge in [-0.3, -0.25) is 4.79 Å². The molecule has 0 fully saturated rings. The second-order valence-corrected chi connectivity index (χ2v) is 2.66. The number of carbonyl (C=O) groups is 1. The average Bonchev–Trinajstić information content (AvgIpc) is 2.03. The number of rotatable bonds is 2. The Morgan fingerprint density at radius 1 is 1.58 bits per heavy atom. The van der Waals surface area contributed by atoms with E-state index in [0.717, 1.165) is 0 Å². The Morgan fingerprint density at radius 2 is 2.25 bits per heavy atom. The van der Waals surface area contributed by atoms with Crippen molar-refractivity contribution in [3.8, 4) is 5.88 Å². The first-order chi connectivity index (χ1) is 5.63. The number of ketones is 1. The molecule has 12 heavy (non-hydrogen) atoms. The maximum absolute atomic E-state index is 10.9. The van der Waals surface area contributed by atoms with Crippen molar-refractivity contribution in [2.75, 3.05) is 7.11 Å². The van der Waals surface area contributed by atoms with Gasteiger partial charge < -0.3 is 4.74 Å². The molecule has 0 radical (unpaired) electrons. The Labute approximate surface area is 75.3 Å². The van der Waals surface area contributed by atoms with Crippen LogP contribution in [0.4, 0.5) is 0 Å². The van der Waals surface area contributed by atoms with Crippen LogP contribution in [-0.4, -0.2) is 17.9 Å². The van der Waals surface area contributed by atoms with E-state index in [2.05, 4.69) is 4.98 Å². The molecule has 1 rings (SSSR count). The van der Waals surface area contributed by atoms with Gasteiger partial charge in [-0.2, -0.15) is 0 Å². The van der Waals surface area contributed by atoms with E-state index in [1.807, 2.05) is 0 Å². The Bertz CT molecular complexity index is 312. The van der Waals surface area contributed by atoms with Crippen LogP contribution in [0.5, 0.6) is 5.88 Å². The topological polar surface area (TPSA) is 39.2 Å². The highest BCUT2D eigenvalue weighted by Gasteiger charge is 2.04. The van der Waals surface area contributed by atoms with Crippen molar-refractivity contribution < 1.29 is 9.53 Å². The lowest BCUT2D eigenvalue weighted by Crippen LogP contribution is -1.95. The zero-order valence-corrected chi connectivity index (χ0v) is 7.55. The monoisotopic (exact) mass is 185 g/mol. The molecule has 1 aromatic rings. The lowest BCUT2D eigenvalue weighted by atomic mass is 10.2. The van der Waals surface area contributed by atoms with E-state index >= 15 is 0 Å². The fraction of sp³-hybridized carbons (Fsp3) is 0.250. The van der Waals surface area contributed by atoms with Gasteiger partial charge in [0.25, 0.3) is 0 Å². The lowest BCUT2D eigenvalue weighted by Gasteiger charge is -2.00. The minimum atomic E-state index is -0.0578. The molecule has 0 aliphatic rings. The molecular formula is C8H8ClNO2. The molecule has 0 unspecified atom stereocenters. The molecule has 0 bridgehead atoms. The summed E-state index contributed by atoms with van der Waals surface area (Å²) in [5.41, 5.74) is 0.506.